The Hall–Kier alpha value is -3.82. The molecule has 1 fully saturated rings. The molecule has 0 spiro atoms. The first-order valence-electron chi connectivity index (χ1n) is 10.9. The fraction of sp³-hybridized carbons (Fsp3) is 0.280. The number of carboxylic acid groups (broad SMARTS) is 1. The summed E-state index contributed by atoms with van der Waals surface area (Å²) in [6.07, 6.45) is -0.418. The van der Waals surface area contributed by atoms with E-state index >= 15 is 0 Å². The molecule has 34 heavy (non-hydrogen) atoms. The second-order valence-corrected chi connectivity index (χ2v) is 7.98. The highest BCUT2D eigenvalue weighted by Gasteiger charge is 2.26. The van der Waals surface area contributed by atoms with Crippen molar-refractivity contribution < 1.29 is 29.3 Å². The number of benzene rings is 2. The van der Waals surface area contributed by atoms with Gasteiger partial charge in [0.15, 0.2) is 17.7 Å². The average Bonchev–Trinajstić information content (AvgIpc) is 2.86. The lowest BCUT2D eigenvalue weighted by Crippen LogP contribution is -2.33. The molecular weight excluding hydrogens is 438 g/mol. The zero-order valence-electron chi connectivity index (χ0n) is 18.6. The molecule has 0 radical (unpaired) electrons. The van der Waals surface area contributed by atoms with Crippen LogP contribution in [-0.4, -0.2) is 58.1 Å². The van der Waals surface area contributed by atoms with Gasteiger partial charge in [-0.1, -0.05) is 54.6 Å². The summed E-state index contributed by atoms with van der Waals surface area (Å²) in [5, 5.41) is 21.0. The molecule has 1 aliphatic heterocycles. The number of nitrogens with one attached hydrogen (secondary N) is 1. The lowest BCUT2D eigenvalue weighted by Gasteiger charge is -2.29. The van der Waals surface area contributed by atoms with Gasteiger partial charge >= 0.3 is 5.97 Å². The van der Waals surface area contributed by atoms with Crippen LogP contribution in [-0.2, 0) is 20.7 Å². The predicted molar refractivity (Wildman–Crippen MR) is 122 cm³/mol. The van der Waals surface area contributed by atoms with Crippen LogP contribution in [0, 0.1) is 6.92 Å². The van der Waals surface area contributed by atoms with Gasteiger partial charge in [-0.15, -0.1) is 0 Å². The Balaban J connectivity index is 1.37. The summed E-state index contributed by atoms with van der Waals surface area (Å²) in [7, 11) is 0. The second kappa shape index (κ2) is 10.4. The molecule has 2 aromatic carbocycles. The van der Waals surface area contributed by atoms with E-state index in [2.05, 4.69) is 51.7 Å². The van der Waals surface area contributed by atoms with Gasteiger partial charge in [0.2, 0.25) is 0 Å². The molecular formula is C25H25N3O6. The van der Waals surface area contributed by atoms with Crippen molar-refractivity contribution in [1.82, 2.24) is 15.3 Å². The van der Waals surface area contributed by atoms with E-state index in [1.165, 1.54) is 6.92 Å². The summed E-state index contributed by atoms with van der Waals surface area (Å²) in [5.41, 5.74) is 3.34. The van der Waals surface area contributed by atoms with E-state index in [1.54, 1.807) is 0 Å². The first-order chi connectivity index (χ1) is 16.4. The third-order valence-electron chi connectivity index (χ3n) is 5.52. The number of aryl methyl sites for hydroxylation is 1. The van der Waals surface area contributed by atoms with Gasteiger partial charge in [-0.25, -0.2) is 9.97 Å². The first kappa shape index (κ1) is 23.3. The lowest BCUT2D eigenvalue weighted by molar-refractivity contribution is -0.186. The molecule has 0 bridgehead atoms. The molecule has 3 aromatic rings. The largest absolute Gasteiger partial charge is 0.504 e. The molecule has 0 unspecified atom stereocenters. The highest BCUT2D eigenvalue weighted by molar-refractivity contribution is 5.96. The van der Waals surface area contributed by atoms with Crippen molar-refractivity contribution in [1.29, 1.82) is 0 Å². The van der Waals surface area contributed by atoms with Crippen molar-refractivity contribution >= 4 is 11.9 Å². The van der Waals surface area contributed by atoms with Crippen LogP contribution in [0.4, 0.5) is 0 Å². The molecule has 176 valence electrons. The Morgan fingerprint density at radius 2 is 1.65 bits per heavy atom. The summed E-state index contributed by atoms with van der Waals surface area (Å²) in [5.74, 6) is -2.05. The number of aromatic hydroxyl groups is 1. The molecule has 9 heteroatoms. The Morgan fingerprint density at radius 3 is 2.29 bits per heavy atom. The fourth-order valence-corrected chi connectivity index (χ4v) is 3.70. The van der Waals surface area contributed by atoms with Crippen molar-refractivity contribution in [3.05, 3.63) is 77.4 Å². The Bertz CT molecular complexity index is 1160. The van der Waals surface area contributed by atoms with Gasteiger partial charge in [0.05, 0.1) is 25.3 Å². The fourth-order valence-electron chi connectivity index (χ4n) is 3.70. The minimum atomic E-state index is -1.20. The second-order valence-electron chi connectivity index (χ2n) is 7.98. The Labute approximate surface area is 196 Å². The summed E-state index contributed by atoms with van der Waals surface area (Å²) < 4.78 is 11.7. The maximum Gasteiger partial charge on any atom is 0.322 e. The molecule has 0 atom stereocenters. The number of aliphatic carboxylic acids is 1. The average molecular weight is 463 g/mol. The normalized spacial score (nSPS) is 17.8. The van der Waals surface area contributed by atoms with E-state index in [0.29, 0.717) is 13.2 Å². The molecule has 1 aromatic heterocycles. The number of carboxylic acids is 1. The Morgan fingerprint density at radius 1 is 1.00 bits per heavy atom. The van der Waals surface area contributed by atoms with Crippen LogP contribution in [0.25, 0.3) is 11.1 Å². The molecule has 4 rings (SSSR count). The first-order valence-corrected chi connectivity index (χ1v) is 10.9. The van der Waals surface area contributed by atoms with Crippen molar-refractivity contribution in [2.24, 2.45) is 0 Å². The van der Waals surface area contributed by atoms with E-state index < -0.39 is 30.5 Å². The van der Waals surface area contributed by atoms with Crippen LogP contribution in [0.3, 0.4) is 0 Å². The lowest BCUT2D eigenvalue weighted by atomic mass is 9.97. The number of aromatic nitrogens is 2. The maximum absolute atomic E-state index is 12.2. The third-order valence-corrected chi connectivity index (χ3v) is 5.52. The summed E-state index contributed by atoms with van der Waals surface area (Å²) >= 11 is 0. The van der Waals surface area contributed by atoms with E-state index in [9.17, 15) is 14.7 Å². The SMILES string of the molecule is Cc1nc(C[C@H]2OC[C@H](c3ccc(-c4ccccc4)cc3)CO2)nc(C(=O)NCC(=O)O)c1O. The minimum absolute atomic E-state index is 0.0842. The highest BCUT2D eigenvalue weighted by atomic mass is 16.7. The van der Waals surface area contributed by atoms with Crippen LogP contribution in [0.5, 0.6) is 5.75 Å². The zero-order chi connectivity index (χ0) is 24.1. The molecule has 2 heterocycles. The van der Waals surface area contributed by atoms with Gasteiger partial charge in [-0.05, 0) is 23.6 Å². The quantitative estimate of drug-likeness (QED) is 0.487. The van der Waals surface area contributed by atoms with Crippen LogP contribution < -0.4 is 5.32 Å². The summed E-state index contributed by atoms with van der Waals surface area (Å²) in [6.45, 7) is 1.86. The minimum Gasteiger partial charge on any atom is -0.504 e. The van der Waals surface area contributed by atoms with Crippen LogP contribution >= 0.6 is 0 Å². The van der Waals surface area contributed by atoms with Gasteiger partial charge in [-0.2, -0.15) is 0 Å². The van der Waals surface area contributed by atoms with E-state index in [1.807, 2.05) is 18.2 Å². The van der Waals surface area contributed by atoms with Crippen LogP contribution in [0.2, 0.25) is 0 Å². The van der Waals surface area contributed by atoms with E-state index in [0.717, 1.165) is 16.7 Å². The Kier molecular flexibility index (Phi) is 7.15. The van der Waals surface area contributed by atoms with Gasteiger partial charge in [0.1, 0.15) is 12.4 Å². The van der Waals surface area contributed by atoms with Gasteiger partial charge < -0.3 is 25.0 Å². The number of hydrogen-bond donors (Lipinski definition) is 3. The van der Waals surface area contributed by atoms with E-state index in [-0.39, 0.29) is 29.6 Å². The molecule has 1 aliphatic rings. The highest BCUT2D eigenvalue weighted by Crippen LogP contribution is 2.27. The number of amides is 1. The van der Waals surface area contributed by atoms with Crippen LogP contribution in [0.1, 0.15) is 33.5 Å². The van der Waals surface area contributed by atoms with Crippen molar-refractivity contribution in [3.63, 3.8) is 0 Å². The number of nitrogens with zero attached hydrogens (tertiary/aromatic N) is 2. The standard InChI is InChI=1S/C25H25N3O6/c1-15-24(31)23(25(32)26-12-21(29)30)28-20(27-15)11-22-33-13-19(14-34-22)18-9-7-17(8-10-18)16-5-3-2-4-6-16/h2-10,19,22,31H,11-14H2,1H3,(H,26,32)(H,29,30)/t19-,22-. The molecule has 9 nitrogen and oxygen atoms in total. The number of carbonyl (C=O) groups is 2. The maximum atomic E-state index is 12.2. The molecule has 3 N–H and O–H groups in total. The molecule has 0 aliphatic carbocycles. The molecule has 1 amide bonds. The number of hydrogen-bond acceptors (Lipinski definition) is 7. The molecule has 0 saturated carbocycles. The number of ether oxygens (including phenoxy) is 2. The predicted octanol–water partition coefficient (Wildman–Crippen LogP) is 2.67. The van der Waals surface area contributed by atoms with Crippen molar-refractivity contribution in [3.8, 4) is 16.9 Å². The molecule has 1 saturated heterocycles. The van der Waals surface area contributed by atoms with Crippen LogP contribution in [0.15, 0.2) is 54.6 Å². The summed E-state index contributed by atoms with van der Waals surface area (Å²) in [6, 6.07) is 18.5. The van der Waals surface area contributed by atoms with Gasteiger partial charge in [0, 0.05) is 5.92 Å². The van der Waals surface area contributed by atoms with Crippen molar-refractivity contribution in [2.75, 3.05) is 19.8 Å². The van der Waals surface area contributed by atoms with E-state index in [4.69, 9.17) is 14.6 Å². The smallest absolute Gasteiger partial charge is 0.322 e. The number of rotatable bonds is 7. The zero-order valence-corrected chi connectivity index (χ0v) is 18.6. The summed E-state index contributed by atoms with van der Waals surface area (Å²) in [4.78, 5) is 31.2. The topological polar surface area (TPSA) is 131 Å². The van der Waals surface area contributed by atoms with Gasteiger partial charge in [0.25, 0.3) is 5.91 Å². The van der Waals surface area contributed by atoms with Crippen molar-refractivity contribution in [2.45, 2.75) is 25.6 Å². The monoisotopic (exact) mass is 463 g/mol. The third kappa shape index (κ3) is 5.56. The number of carbonyl (C=O) groups excluding carboxylic acids is 1. The van der Waals surface area contributed by atoms with Gasteiger partial charge in [-0.3, -0.25) is 9.59 Å².